The van der Waals surface area contributed by atoms with Gasteiger partial charge >= 0.3 is 0 Å². The van der Waals surface area contributed by atoms with Crippen LogP contribution in [0.15, 0.2) is 54.9 Å². The molecule has 1 amide bonds. The van der Waals surface area contributed by atoms with Gasteiger partial charge in [-0.2, -0.15) is 0 Å². The lowest BCUT2D eigenvalue weighted by Crippen LogP contribution is -2.22. The number of benzene rings is 2. The number of fused-ring (bicyclic) bond motifs is 1. The van der Waals surface area contributed by atoms with E-state index in [2.05, 4.69) is 43.2 Å². The topological polar surface area (TPSA) is 63.1 Å². The number of anilines is 1. The Kier molecular flexibility index (Phi) is 5.32. The number of nitrogens with one attached hydrogen (secondary N) is 1. The molecule has 2 aliphatic rings. The fourth-order valence-corrected chi connectivity index (χ4v) is 4.63. The number of aryl methyl sites for hydroxylation is 1. The van der Waals surface area contributed by atoms with E-state index in [9.17, 15) is 4.79 Å². The zero-order chi connectivity index (χ0) is 20.3. The summed E-state index contributed by atoms with van der Waals surface area (Å²) in [5.41, 5.74) is 3.99. The van der Waals surface area contributed by atoms with Crippen LogP contribution < -0.4 is 5.32 Å². The highest BCUT2D eigenvalue weighted by Crippen LogP contribution is 2.29. The quantitative estimate of drug-likeness (QED) is 0.705. The van der Waals surface area contributed by atoms with E-state index >= 15 is 0 Å². The maximum Gasteiger partial charge on any atom is 0.255 e. The molecule has 5 rings (SSSR count). The summed E-state index contributed by atoms with van der Waals surface area (Å²) in [4.78, 5) is 15.4. The third kappa shape index (κ3) is 4.00. The Morgan fingerprint density at radius 3 is 2.70 bits per heavy atom. The van der Waals surface area contributed by atoms with E-state index in [1.54, 1.807) is 0 Å². The summed E-state index contributed by atoms with van der Waals surface area (Å²) in [5.74, 6) is 1.49. The molecule has 0 radical (unpaired) electrons. The van der Waals surface area contributed by atoms with E-state index in [4.69, 9.17) is 0 Å². The lowest BCUT2D eigenvalue weighted by Gasteiger charge is -2.23. The van der Waals surface area contributed by atoms with Crippen molar-refractivity contribution in [3.05, 3.63) is 77.4 Å². The maximum absolute atomic E-state index is 13.0. The van der Waals surface area contributed by atoms with Crippen molar-refractivity contribution in [3.63, 3.8) is 0 Å². The average Bonchev–Trinajstić information content (AvgIpc) is 3.46. The fourth-order valence-electron chi connectivity index (χ4n) is 4.63. The van der Waals surface area contributed by atoms with Crippen LogP contribution in [0.2, 0.25) is 0 Å². The zero-order valence-corrected chi connectivity index (χ0v) is 17.1. The Hall–Kier alpha value is -2.99. The lowest BCUT2D eigenvalue weighted by molar-refractivity contribution is 0.102. The minimum Gasteiger partial charge on any atom is -0.322 e. The highest BCUT2D eigenvalue weighted by molar-refractivity contribution is 6.05. The Balaban J connectivity index is 1.26. The number of hydrogen-bond acceptors (Lipinski definition) is 4. The molecular weight excluding hydrogens is 374 g/mol. The van der Waals surface area contributed by atoms with Gasteiger partial charge in [-0.15, -0.1) is 10.2 Å². The summed E-state index contributed by atoms with van der Waals surface area (Å²) in [5, 5.41) is 11.3. The highest BCUT2D eigenvalue weighted by atomic mass is 16.1. The van der Waals surface area contributed by atoms with Gasteiger partial charge in [-0.05, 0) is 61.7 Å². The summed E-state index contributed by atoms with van der Waals surface area (Å²) in [6, 6.07) is 16.2. The second-order valence-corrected chi connectivity index (χ2v) is 8.35. The lowest BCUT2D eigenvalue weighted by atomic mass is 9.91. The molecule has 1 fully saturated rings. The number of nitrogens with zero attached hydrogens (tertiary/aromatic N) is 4. The number of amides is 1. The highest BCUT2D eigenvalue weighted by Gasteiger charge is 2.21. The molecule has 0 aliphatic carbocycles. The molecule has 1 atom stereocenters. The van der Waals surface area contributed by atoms with Crippen molar-refractivity contribution in [1.29, 1.82) is 0 Å². The van der Waals surface area contributed by atoms with Crippen molar-refractivity contribution >= 4 is 11.6 Å². The van der Waals surface area contributed by atoms with Crippen molar-refractivity contribution in [3.8, 4) is 0 Å². The van der Waals surface area contributed by atoms with Gasteiger partial charge in [0.2, 0.25) is 0 Å². The smallest absolute Gasteiger partial charge is 0.255 e. The van der Waals surface area contributed by atoms with Crippen molar-refractivity contribution in [2.24, 2.45) is 0 Å². The van der Waals surface area contributed by atoms with E-state index in [0.29, 0.717) is 5.92 Å². The molecule has 0 saturated carbocycles. The molecule has 6 heteroatoms. The van der Waals surface area contributed by atoms with Crippen molar-refractivity contribution in [1.82, 2.24) is 19.7 Å². The van der Waals surface area contributed by atoms with E-state index in [-0.39, 0.29) is 5.91 Å². The van der Waals surface area contributed by atoms with Crippen LogP contribution in [0.1, 0.15) is 52.5 Å². The summed E-state index contributed by atoms with van der Waals surface area (Å²) >= 11 is 0. The van der Waals surface area contributed by atoms with E-state index in [0.717, 1.165) is 61.7 Å². The van der Waals surface area contributed by atoms with Gasteiger partial charge in [0.25, 0.3) is 5.91 Å². The Labute approximate surface area is 176 Å². The normalized spacial score (nSPS) is 18.9. The second kappa shape index (κ2) is 8.40. The molecule has 3 aromatic rings. The van der Waals surface area contributed by atoms with Crippen molar-refractivity contribution in [2.45, 2.75) is 44.7 Å². The van der Waals surface area contributed by atoms with Crippen LogP contribution in [-0.2, 0) is 19.5 Å². The van der Waals surface area contributed by atoms with Gasteiger partial charge in [0.05, 0.1) is 0 Å². The molecule has 2 aliphatic heterocycles. The maximum atomic E-state index is 13.0. The number of likely N-dealkylation sites (tertiary alicyclic amines) is 1. The summed E-state index contributed by atoms with van der Waals surface area (Å²) < 4.78 is 2.14. The SMILES string of the molecule is O=C(Nc1ccc([C@H]2CCc3nncn3C2)cc1)c1ccccc1CN1CCCC1. The van der Waals surface area contributed by atoms with Crippen LogP contribution >= 0.6 is 0 Å². The van der Waals surface area contributed by atoms with Crippen LogP contribution in [0.25, 0.3) is 0 Å². The molecule has 0 bridgehead atoms. The first-order chi connectivity index (χ1) is 14.8. The number of carbonyl (C=O) groups is 1. The van der Waals surface area contributed by atoms with Gasteiger partial charge in [-0.3, -0.25) is 9.69 Å². The largest absolute Gasteiger partial charge is 0.322 e. The van der Waals surface area contributed by atoms with E-state index in [1.165, 1.54) is 18.4 Å². The Bertz CT molecular complexity index is 1020. The molecule has 154 valence electrons. The predicted molar refractivity (Wildman–Crippen MR) is 116 cm³/mol. The second-order valence-electron chi connectivity index (χ2n) is 8.35. The first kappa shape index (κ1) is 19.0. The molecular formula is C24H27N5O. The van der Waals surface area contributed by atoms with Crippen molar-refractivity contribution < 1.29 is 4.79 Å². The summed E-state index contributed by atoms with van der Waals surface area (Å²) in [6.07, 6.45) is 6.35. The first-order valence-corrected chi connectivity index (χ1v) is 10.8. The molecule has 2 aromatic carbocycles. The third-order valence-electron chi connectivity index (χ3n) is 6.32. The average molecular weight is 402 g/mol. The molecule has 1 N–H and O–H groups in total. The fraction of sp³-hybridized carbons (Fsp3) is 0.375. The zero-order valence-electron chi connectivity index (χ0n) is 17.1. The van der Waals surface area contributed by atoms with Crippen LogP contribution in [0.3, 0.4) is 0 Å². The molecule has 6 nitrogen and oxygen atoms in total. The van der Waals surface area contributed by atoms with Crippen LogP contribution in [0.4, 0.5) is 5.69 Å². The van der Waals surface area contributed by atoms with Gasteiger partial charge in [0.15, 0.2) is 0 Å². The summed E-state index contributed by atoms with van der Waals surface area (Å²) in [6.45, 7) is 4.00. The van der Waals surface area contributed by atoms with Gasteiger partial charge in [0.1, 0.15) is 12.2 Å². The van der Waals surface area contributed by atoms with Gasteiger partial charge in [0, 0.05) is 36.7 Å². The third-order valence-corrected chi connectivity index (χ3v) is 6.32. The minimum atomic E-state index is -0.0376. The van der Waals surface area contributed by atoms with E-state index in [1.807, 2.05) is 36.7 Å². The Morgan fingerprint density at radius 2 is 1.87 bits per heavy atom. The van der Waals surface area contributed by atoms with Gasteiger partial charge < -0.3 is 9.88 Å². The molecule has 1 saturated heterocycles. The molecule has 0 unspecified atom stereocenters. The Morgan fingerprint density at radius 1 is 1.07 bits per heavy atom. The molecule has 3 heterocycles. The number of aromatic nitrogens is 3. The monoisotopic (exact) mass is 401 g/mol. The number of hydrogen-bond donors (Lipinski definition) is 1. The number of rotatable bonds is 5. The number of carbonyl (C=O) groups excluding carboxylic acids is 1. The van der Waals surface area contributed by atoms with Crippen LogP contribution in [-0.4, -0.2) is 38.7 Å². The predicted octanol–water partition coefficient (Wildman–Crippen LogP) is 3.86. The molecule has 30 heavy (non-hydrogen) atoms. The summed E-state index contributed by atoms with van der Waals surface area (Å²) in [7, 11) is 0. The molecule has 1 aromatic heterocycles. The van der Waals surface area contributed by atoms with Gasteiger partial charge in [-0.1, -0.05) is 30.3 Å². The van der Waals surface area contributed by atoms with Gasteiger partial charge in [-0.25, -0.2) is 0 Å². The molecule has 0 spiro atoms. The van der Waals surface area contributed by atoms with Crippen LogP contribution in [0, 0.1) is 0 Å². The van der Waals surface area contributed by atoms with Crippen molar-refractivity contribution in [2.75, 3.05) is 18.4 Å². The standard InChI is InChI=1S/C24H27N5O/c30-24(22-6-2-1-5-20(22)15-28-13-3-4-14-28)26-21-10-7-18(8-11-21)19-9-12-23-27-25-17-29(23)16-19/h1-2,5-8,10-11,17,19H,3-4,9,12-16H2,(H,26,30)/t19-/m0/s1. The minimum absolute atomic E-state index is 0.0376. The first-order valence-electron chi connectivity index (χ1n) is 10.8. The van der Waals surface area contributed by atoms with E-state index < -0.39 is 0 Å². The van der Waals surface area contributed by atoms with Crippen LogP contribution in [0.5, 0.6) is 0 Å².